The van der Waals surface area contributed by atoms with Crippen molar-refractivity contribution in [1.82, 2.24) is 4.98 Å². The fourth-order valence-corrected chi connectivity index (χ4v) is 2.34. The molecule has 1 aliphatic rings. The zero-order valence-corrected chi connectivity index (χ0v) is 13.2. The molecule has 3 rings (SSSR count). The highest BCUT2D eigenvalue weighted by molar-refractivity contribution is 6.05. The lowest BCUT2D eigenvalue weighted by atomic mass is 10.1. The van der Waals surface area contributed by atoms with Gasteiger partial charge in [0.2, 0.25) is 5.88 Å². The number of carbonyl (C=O) groups is 2. The van der Waals surface area contributed by atoms with Gasteiger partial charge in [-0.15, -0.1) is 0 Å². The van der Waals surface area contributed by atoms with Gasteiger partial charge in [-0.05, 0) is 31.2 Å². The lowest BCUT2D eigenvalue weighted by Gasteiger charge is -2.13. The molecule has 0 radical (unpaired) electrons. The van der Waals surface area contributed by atoms with Gasteiger partial charge in [-0.25, -0.2) is 4.79 Å². The summed E-state index contributed by atoms with van der Waals surface area (Å²) in [4.78, 5) is 29.7. The fraction of sp³-hybridized carbons (Fsp3) is 0.235. The van der Waals surface area contributed by atoms with Crippen LogP contribution in [-0.2, 0) is 4.74 Å². The van der Waals surface area contributed by atoms with Crippen molar-refractivity contribution in [3.05, 3.63) is 48.0 Å². The Balaban J connectivity index is 1.75. The minimum absolute atomic E-state index is 0.314. The monoisotopic (exact) mass is 327 g/mol. The van der Waals surface area contributed by atoms with E-state index in [1.165, 1.54) is 4.90 Å². The summed E-state index contributed by atoms with van der Waals surface area (Å²) >= 11 is 0. The molecule has 1 aromatic heterocycles. The van der Waals surface area contributed by atoms with Gasteiger partial charge in [0.05, 0.1) is 13.2 Å². The molecule has 1 aromatic carbocycles. The summed E-state index contributed by atoms with van der Waals surface area (Å²) in [6.45, 7) is 3.19. The standard InChI is InChI=1S/C17H17N3O4/c1-2-23-15-8-4-7-14(18-15)19-16(21)12-5-3-6-13(11-12)20-9-10-24-17(20)22/h3-8,11H,2,9-10H2,1H3,(H,18,19,21). The number of pyridine rings is 1. The maximum atomic E-state index is 12.4. The Morgan fingerprint density at radius 2 is 2.17 bits per heavy atom. The number of ether oxygens (including phenoxy) is 2. The number of anilines is 2. The molecule has 0 unspecified atom stereocenters. The lowest BCUT2D eigenvalue weighted by Crippen LogP contribution is -2.23. The van der Waals surface area contributed by atoms with Gasteiger partial charge < -0.3 is 14.8 Å². The van der Waals surface area contributed by atoms with E-state index in [2.05, 4.69) is 10.3 Å². The lowest BCUT2D eigenvalue weighted by molar-refractivity contribution is 0.102. The molecule has 0 spiro atoms. The van der Waals surface area contributed by atoms with E-state index in [9.17, 15) is 9.59 Å². The number of rotatable bonds is 5. The quantitative estimate of drug-likeness (QED) is 0.913. The molecule has 1 N–H and O–H groups in total. The second kappa shape index (κ2) is 6.99. The number of hydrogen-bond acceptors (Lipinski definition) is 5. The third kappa shape index (κ3) is 3.45. The molecule has 2 aromatic rings. The van der Waals surface area contributed by atoms with E-state index in [1.54, 1.807) is 42.5 Å². The van der Waals surface area contributed by atoms with Gasteiger partial charge in [-0.2, -0.15) is 4.98 Å². The van der Waals surface area contributed by atoms with E-state index in [4.69, 9.17) is 9.47 Å². The Hall–Kier alpha value is -3.09. The van der Waals surface area contributed by atoms with Crippen LogP contribution in [0.3, 0.4) is 0 Å². The van der Waals surface area contributed by atoms with Crippen molar-refractivity contribution in [3.63, 3.8) is 0 Å². The Morgan fingerprint density at radius 1 is 1.33 bits per heavy atom. The molecule has 7 nitrogen and oxygen atoms in total. The van der Waals surface area contributed by atoms with Crippen LogP contribution in [0.1, 0.15) is 17.3 Å². The molecular formula is C17H17N3O4. The smallest absolute Gasteiger partial charge is 0.414 e. The van der Waals surface area contributed by atoms with Gasteiger partial charge in [0.15, 0.2) is 0 Å². The molecule has 0 bridgehead atoms. The Kier molecular flexibility index (Phi) is 4.60. The van der Waals surface area contributed by atoms with Crippen LogP contribution in [0.15, 0.2) is 42.5 Å². The first-order valence-corrected chi connectivity index (χ1v) is 7.63. The summed E-state index contributed by atoms with van der Waals surface area (Å²) in [6, 6.07) is 12.0. The minimum Gasteiger partial charge on any atom is -0.478 e. The SMILES string of the molecule is CCOc1cccc(NC(=O)c2cccc(N3CCOC3=O)c2)n1. The van der Waals surface area contributed by atoms with E-state index in [0.29, 0.717) is 42.7 Å². The first kappa shape index (κ1) is 15.8. The Bertz CT molecular complexity index is 763. The number of cyclic esters (lactones) is 1. The van der Waals surface area contributed by atoms with Crippen molar-refractivity contribution in [2.24, 2.45) is 0 Å². The van der Waals surface area contributed by atoms with E-state index in [-0.39, 0.29) is 5.91 Å². The van der Waals surface area contributed by atoms with E-state index in [0.717, 1.165) is 0 Å². The van der Waals surface area contributed by atoms with Crippen LogP contribution in [0, 0.1) is 0 Å². The normalized spacial score (nSPS) is 13.5. The highest BCUT2D eigenvalue weighted by atomic mass is 16.6. The van der Waals surface area contributed by atoms with Gasteiger partial charge in [-0.3, -0.25) is 9.69 Å². The fourth-order valence-electron chi connectivity index (χ4n) is 2.34. The Labute approximate surface area is 139 Å². The summed E-state index contributed by atoms with van der Waals surface area (Å²) in [7, 11) is 0. The van der Waals surface area contributed by atoms with Crippen LogP contribution in [-0.4, -0.2) is 36.7 Å². The molecule has 1 saturated heterocycles. The summed E-state index contributed by atoms with van der Waals surface area (Å²) in [6.07, 6.45) is -0.404. The predicted octanol–water partition coefficient (Wildman–Crippen LogP) is 2.69. The van der Waals surface area contributed by atoms with Crippen molar-refractivity contribution in [2.75, 3.05) is 30.0 Å². The summed E-state index contributed by atoms with van der Waals surface area (Å²) in [5, 5.41) is 2.72. The van der Waals surface area contributed by atoms with Crippen molar-refractivity contribution in [3.8, 4) is 5.88 Å². The van der Waals surface area contributed by atoms with E-state index in [1.807, 2.05) is 6.92 Å². The van der Waals surface area contributed by atoms with Crippen LogP contribution in [0.4, 0.5) is 16.3 Å². The van der Waals surface area contributed by atoms with Crippen molar-refractivity contribution >= 4 is 23.5 Å². The zero-order chi connectivity index (χ0) is 16.9. The van der Waals surface area contributed by atoms with Crippen molar-refractivity contribution < 1.29 is 19.1 Å². The summed E-state index contributed by atoms with van der Waals surface area (Å²) in [5.41, 5.74) is 1.05. The van der Waals surface area contributed by atoms with Crippen molar-refractivity contribution in [1.29, 1.82) is 0 Å². The van der Waals surface area contributed by atoms with Crippen LogP contribution in [0.5, 0.6) is 5.88 Å². The highest BCUT2D eigenvalue weighted by Crippen LogP contribution is 2.21. The number of amides is 2. The van der Waals surface area contributed by atoms with E-state index < -0.39 is 6.09 Å². The first-order valence-electron chi connectivity index (χ1n) is 7.63. The second-order valence-corrected chi connectivity index (χ2v) is 5.06. The number of carbonyl (C=O) groups excluding carboxylic acids is 2. The maximum absolute atomic E-state index is 12.4. The number of hydrogen-bond donors (Lipinski definition) is 1. The molecule has 0 atom stereocenters. The third-order valence-corrected chi connectivity index (χ3v) is 3.44. The molecule has 0 aliphatic carbocycles. The first-order chi connectivity index (χ1) is 11.7. The molecular weight excluding hydrogens is 310 g/mol. The maximum Gasteiger partial charge on any atom is 0.414 e. The van der Waals surface area contributed by atoms with Gasteiger partial charge in [-0.1, -0.05) is 12.1 Å². The minimum atomic E-state index is -0.404. The molecule has 0 saturated carbocycles. The number of nitrogens with one attached hydrogen (secondary N) is 1. The van der Waals surface area contributed by atoms with Gasteiger partial charge >= 0.3 is 6.09 Å². The van der Waals surface area contributed by atoms with Crippen LogP contribution in [0.2, 0.25) is 0 Å². The third-order valence-electron chi connectivity index (χ3n) is 3.44. The summed E-state index contributed by atoms with van der Waals surface area (Å²) in [5.74, 6) is 0.534. The van der Waals surface area contributed by atoms with E-state index >= 15 is 0 Å². The van der Waals surface area contributed by atoms with Gasteiger partial charge in [0.25, 0.3) is 5.91 Å². The molecule has 7 heteroatoms. The Morgan fingerprint density at radius 3 is 2.92 bits per heavy atom. The molecule has 124 valence electrons. The molecule has 1 fully saturated rings. The topological polar surface area (TPSA) is 80.8 Å². The molecule has 2 amide bonds. The van der Waals surface area contributed by atoms with Crippen LogP contribution < -0.4 is 15.0 Å². The summed E-state index contributed by atoms with van der Waals surface area (Å²) < 4.78 is 10.2. The van der Waals surface area contributed by atoms with Gasteiger partial charge in [0.1, 0.15) is 12.4 Å². The van der Waals surface area contributed by atoms with Crippen LogP contribution in [0.25, 0.3) is 0 Å². The number of aromatic nitrogens is 1. The number of nitrogens with zero attached hydrogens (tertiary/aromatic N) is 2. The van der Waals surface area contributed by atoms with Crippen LogP contribution >= 0.6 is 0 Å². The van der Waals surface area contributed by atoms with Crippen molar-refractivity contribution in [2.45, 2.75) is 6.92 Å². The predicted molar refractivity (Wildman–Crippen MR) is 88.5 cm³/mol. The average molecular weight is 327 g/mol. The van der Waals surface area contributed by atoms with Gasteiger partial charge in [0, 0.05) is 17.3 Å². The largest absolute Gasteiger partial charge is 0.478 e. The zero-order valence-electron chi connectivity index (χ0n) is 13.2. The molecule has 1 aliphatic heterocycles. The second-order valence-electron chi connectivity index (χ2n) is 5.06. The molecule has 24 heavy (non-hydrogen) atoms. The highest BCUT2D eigenvalue weighted by Gasteiger charge is 2.24. The average Bonchev–Trinajstić information content (AvgIpc) is 3.02. The number of benzene rings is 1. The molecule has 2 heterocycles.